The fourth-order valence-corrected chi connectivity index (χ4v) is 2.37. The molecular weight excluding hydrogens is 304 g/mol. The van der Waals surface area contributed by atoms with Gasteiger partial charge in [0.15, 0.2) is 0 Å². The third kappa shape index (κ3) is 5.74. The Morgan fingerprint density at radius 2 is 2.11 bits per heavy atom. The second kappa shape index (κ2) is 7.65. The predicted octanol–water partition coefficient (Wildman–Crippen LogP) is 3.71. The fraction of sp³-hybridized carbons (Fsp3) is 0.533. The number of benzene rings is 1. The van der Waals surface area contributed by atoms with Gasteiger partial charge in [-0.15, -0.1) is 0 Å². The molecule has 0 aliphatic carbocycles. The van der Waals surface area contributed by atoms with Crippen molar-refractivity contribution in [3.05, 3.63) is 28.2 Å². The molecule has 0 aromatic heterocycles. The number of hydrogen-bond acceptors (Lipinski definition) is 2. The van der Waals surface area contributed by atoms with Gasteiger partial charge in [0.1, 0.15) is 0 Å². The van der Waals surface area contributed by atoms with E-state index in [0.717, 1.165) is 22.1 Å². The number of carbonyl (C=O) groups excluding carboxylic acids is 1. The maximum Gasteiger partial charge on any atom is 0.224 e. The number of nitrogens with two attached hydrogens (primary N) is 1. The Balaban J connectivity index is 2.56. The van der Waals surface area contributed by atoms with Gasteiger partial charge < -0.3 is 11.1 Å². The number of nitrogens with one attached hydrogen (secondary N) is 1. The average Bonchev–Trinajstić information content (AvgIpc) is 2.32. The molecule has 0 aliphatic rings. The molecule has 0 radical (unpaired) electrons. The van der Waals surface area contributed by atoms with E-state index >= 15 is 0 Å². The van der Waals surface area contributed by atoms with E-state index in [9.17, 15) is 4.79 Å². The highest BCUT2D eigenvalue weighted by Gasteiger charge is 2.14. The first-order valence-corrected chi connectivity index (χ1v) is 7.47. The average molecular weight is 327 g/mol. The minimum atomic E-state index is 0.0397. The van der Waals surface area contributed by atoms with Crippen LogP contribution in [0.3, 0.4) is 0 Å². The van der Waals surface area contributed by atoms with Crippen molar-refractivity contribution in [3.63, 3.8) is 0 Å². The monoisotopic (exact) mass is 326 g/mol. The van der Waals surface area contributed by atoms with Gasteiger partial charge >= 0.3 is 0 Å². The van der Waals surface area contributed by atoms with Crippen LogP contribution >= 0.6 is 15.9 Å². The maximum absolute atomic E-state index is 12.0. The van der Waals surface area contributed by atoms with Gasteiger partial charge in [-0.05, 0) is 55.5 Å². The number of hydrogen-bond donors (Lipinski definition) is 2. The highest BCUT2D eigenvalue weighted by atomic mass is 79.9. The van der Waals surface area contributed by atoms with E-state index in [4.69, 9.17) is 5.73 Å². The SMILES string of the molecule is Cc1cc(NC(=O)CC(CN)CC(C)C)ccc1Br. The Labute approximate surface area is 124 Å². The summed E-state index contributed by atoms with van der Waals surface area (Å²) in [6.07, 6.45) is 1.48. The third-order valence-corrected chi connectivity index (χ3v) is 3.94. The summed E-state index contributed by atoms with van der Waals surface area (Å²) >= 11 is 3.44. The van der Waals surface area contributed by atoms with Crippen molar-refractivity contribution in [1.29, 1.82) is 0 Å². The first kappa shape index (κ1) is 16.2. The summed E-state index contributed by atoms with van der Waals surface area (Å²) in [4.78, 5) is 12.0. The molecule has 0 bridgehead atoms. The van der Waals surface area contributed by atoms with Crippen LogP contribution in [0.25, 0.3) is 0 Å². The van der Waals surface area contributed by atoms with Gasteiger partial charge in [-0.1, -0.05) is 29.8 Å². The Kier molecular flexibility index (Phi) is 6.52. The summed E-state index contributed by atoms with van der Waals surface area (Å²) in [6, 6.07) is 5.80. The number of anilines is 1. The molecule has 0 saturated carbocycles. The van der Waals surface area contributed by atoms with Crippen LogP contribution < -0.4 is 11.1 Å². The van der Waals surface area contributed by atoms with Crippen molar-refractivity contribution in [2.24, 2.45) is 17.6 Å². The molecule has 1 atom stereocenters. The van der Waals surface area contributed by atoms with Crippen LogP contribution in [-0.2, 0) is 4.79 Å². The highest BCUT2D eigenvalue weighted by molar-refractivity contribution is 9.10. The minimum Gasteiger partial charge on any atom is -0.330 e. The number of rotatable bonds is 6. The van der Waals surface area contributed by atoms with Crippen molar-refractivity contribution >= 4 is 27.5 Å². The number of halogens is 1. The first-order valence-electron chi connectivity index (χ1n) is 6.68. The topological polar surface area (TPSA) is 55.1 Å². The van der Waals surface area contributed by atoms with E-state index in [-0.39, 0.29) is 11.8 Å². The molecular formula is C15H23BrN2O. The summed E-state index contributed by atoms with van der Waals surface area (Å²) in [5.74, 6) is 0.866. The molecule has 1 rings (SSSR count). The smallest absolute Gasteiger partial charge is 0.224 e. The van der Waals surface area contributed by atoms with Gasteiger partial charge in [0, 0.05) is 16.6 Å². The van der Waals surface area contributed by atoms with Gasteiger partial charge in [-0.25, -0.2) is 0 Å². The first-order chi connectivity index (χ1) is 8.92. The lowest BCUT2D eigenvalue weighted by atomic mass is 9.94. The zero-order valence-corrected chi connectivity index (χ0v) is 13.5. The summed E-state index contributed by atoms with van der Waals surface area (Å²) in [7, 11) is 0. The second-order valence-corrected chi connectivity index (χ2v) is 6.30. The molecule has 0 aliphatic heterocycles. The Bertz CT molecular complexity index is 432. The molecule has 3 N–H and O–H groups in total. The van der Waals surface area contributed by atoms with Crippen LogP contribution in [0.4, 0.5) is 5.69 Å². The van der Waals surface area contributed by atoms with E-state index in [1.54, 1.807) is 0 Å². The lowest BCUT2D eigenvalue weighted by Gasteiger charge is -2.16. The van der Waals surface area contributed by atoms with Crippen LogP contribution in [0.2, 0.25) is 0 Å². The van der Waals surface area contributed by atoms with Crippen molar-refractivity contribution in [1.82, 2.24) is 0 Å². The Morgan fingerprint density at radius 1 is 1.42 bits per heavy atom. The number of carbonyl (C=O) groups is 1. The van der Waals surface area contributed by atoms with E-state index in [2.05, 4.69) is 35.1 Å². The standard InChI is InChI=1S/C15H23BrN2O/c1-10(2)6-12(9-17)8-15(19)18-13-4-5-14(16)11(3)7-13/h4-5,7,10,12H,6,8-9,17H2,1-3H3,(H,18,19). The summed E-state index contributed by atoms with van der Waals surface area (Å²) in [5, 5.41) is 2.93. The van der Waals surface area contributed by atoms with E-state index in [0.29, 0.717) is 18.9 Å². The predicted molar refractivity (Wildman–Crippen MR) is 84.1 cm³/mol. The van der Waals surface area contributed by atoms with Gasteiger partial charge in [0.25, 0.3) is 0 Å². The molecule has 3 nitrogen and oxygen atoms in total. The van der Waals surface area contributed by atoms with Crippen LogP contribution in [0.5, 0.6) is 0 Å². The Morgan fingerprint density at radius 3 is 2.63 bits per heavy atom. The number of aryl methyl sites for hydroxylation is 1. The summed E-state index contributed by atoms with van der Waals surface area (Å²) in [6.45, 7) is 6.86. The van der Waals surface area contributed by atoms with Gasteiger partial charge in [0.05, 0.1) is 0 Å². The van der Waals surface area contributed by atoms with E-state index in [1.807, 2.05) is 25.1 Å². The summed E-state index contributed by atoms with van der Waals surface area (Å²) in [5.41, 5.74) is 7.67. The largest absolute Gasteiger partial charge is 0.330 e. The van der Waals surface area contributed by atoms with Crippen molar-refractivity contribution in [3.8, 4) is 0 Å². The normalized spacial score (nSPS) is 12.5. The molecule has 1 aromatic carbocycles. The van der Waals surface area contributed by atoms with Crippen LogP contribution in [0.15, 0.2) is 22.7 Å². The van der Waals surface area contributed by atoms with Crippen molar-refractivity contribution < 1.29 is 4.79 Å². The molecule has 4 heteroatoms. The summed E-state index contributed by atoms with van der Waals surface area (Å²) < 4.78 is 1.05. The number of amides is 1. The fourth-order valence-electron chi connectivity index (χ4n) is 2.13. The van der Waals surface area contributed by atoms with Gasteiger partial charge in [-0.2, -0.15) is 0 Å². The van der Waals surface area contributed by atoms with Gasteiger partial charge in [-0.3, -0.25) is 4.79 Å². The minimum absolute atomic E-state index is 0.0397. The highest BCUT2D eigenvalue weighted by Crippen LogP contribution is 2.21. The molecule has 0 fully saturated rings. The van der Waals surface area contributed by atoms with Crippen LogP contribution in [0, 0.1) is 18.8 Å². The van der Waals surface area contributed by atoms with Crippen molar-refractivity contribution in [2.75, 3.05) is 11.9 Å². The molecule has 1 aromatic rings. The molecule has 1 unspecified atom stereocenters. The van der Waals surface area contributed by atoms with Gasteiger partial charge in [0.2, 0.25) is 5.91 Å². The maximum atomic E-state index is 12.0. The van der Waals surface area contributed by atoms with E-state index < -0.39 is 0 Å². The van der Waals surface area contributed by atoms with Crippen LogP contribution in [0.1, 0.15) is 32.3 Å². The zero-order chi connectivity index (χ0) is 14.4. The quantitative estimate of drug-likeness (QED) is 0.837. The second-order valence-electron chi connectivity index (χ2n) is 5.45. The van der Waals surface area contributed by atoms with Crippen LogP contribution in [-0.4, -0.2) is 12.5 Å². The van der Waals surface area contributed by atoms with Crippen molar-refractivity contribution in [2.45, 2.75) is 33.6 Å². The molecule has 0 spiro atoms. The molecule has 0 heterocycles. The third-order valence-electron chi connectivity index (χ3n) is 3.05. The molecule has 106 valence electrons. The molecule has 0 saturated heterocycles. The van der Waals surface area contributed by atoms with E-state index in [1.165, 1.54) is 0 Å². The lowest BCUT2D eigenvalue weighted by Crippen LogP contribution is -2.23. The zero-order valence-electron chi connectivity index (χ0n) is 11.9. The lowest BCUT2D eigenvalue weighted by molar-refractivity contribution is -0.117. The Hall–Kier alpha value is -0.870. The molecule has 19 heavy (non-hydrogen) atoms. The molecule has 1 amide bonds.